The van der Waals surface area contributed by atoms with Gasteiger partial charge in [0.1, 0.15) is 5.69 Å². The van der Waals surface area contributed by atoms with E-state index >= 15 is 0 Å². The van der Waals surface area contributed by atoms with Gasteiger partial charge in [0, 0.05) is 16.2 Å². The summed E-state index contributed by atoms with van der Waals surface area (Å²) in [5.41, 5.74) is 1.12. The van der Waals surface area contributed by atoms with Gasteiger partial charge in [-0.15, -0.1) is 0 Å². The Morgan fingerprint density at radius 2 is 1.74 bits per heavy atom. The number of hydrogen-bond acceptors (Lipinski definition) is 3. The first-order chi connectivity index (χ1) is 13.1. The van der Waals surface area contributed by atoms with Crippen LogP contribution in [-0.4, -0.2) is 15.7 Å². The zero-order valence-electron chi connectivity index (χ0n) is 14.1. The van der Waals surface area contributed by atoms with E-state index in [0.717, 1.165) is 15.2 Å². The fourth-order valence-electron chi connectivity index (χ4n) is 2.80. The maximum Gasteiger partial charge on any atom is 0.276 e. The molecule has 1 aromatic heterocycles. The lowest BCUT2D eigenvalue weighted by atomic mass is 10.1. The van der Waals surface area contributed by atoms with E-state index in [2.05, 4.69) is 26.3 Å². The fourth-order valence-corrected chi connectivity index (χ4v) is 3.32. The number of amides is 1. The number of aromatic nitrogens is 2. The van der Waals surface area contributed by atoms with E-state index in [1.165, 1.54) is 16.8 Å². The summed E-state index contributed by atoms with van der Waals surface area (Å²) in [6.07, 6.45) is 0. The minimum Gasteiger partial charge on any atom is -0.321 e. The summed E-state index contributed by atoms with van der Waals surface area (Å²) in [6, 6.07) is 23.3. The van der Waals surface area contributed by atoms with Gasteiger partial charge in [0.2, 0.25) is 0 Å². The van der Waals surface area contributed by atoms with Crippen molar-refractivity contribution < 1.29 is 4.79 Å². The number of rotatable bonds is 3. The molecule has 0 radical (unpaired) electrons. The lowest BCUT2D eigenvalue weighted by Crippen LogP contribution is -2.24. The third kappa shape index (κ3) is 3.52. The molecule has 0 bridgehead atoms. The Morgan fingerprint density at radius 3 is 2.56 bits per heavy atom. The molecule has 0 aliphatic heterocycles. The SMILES string of the molecule is O=C(Nc1ccc2c(Br)cccc2c1)c1ccc(=O)n(-c2ccccc2)n1. The van der Waals surface area contributed by atoms with Gasteiger partial charge >= 0.3 is 0 Å². The van der Waals surface area contributed by atoms with Crippen LogP contribution in [0.4, 0.5) is 5.69 Å². The third-order valence-corrected chi connectivity index (χ3v) is 4.81. The highest BCUT2D eigenvalue weighted by molar-refractivity contribution is 9.10. The number of nitrogens with one attached hydrogen (secondary N) is 1. The molecule has 5 nitrogen and oxygen atoms in total. The van der Waals surface area contributed by atoms with E-state index in [-0.39, 0.29) is 17.2 Å². The number of anilines is 1. The van der Waals surface area contributed by atoms with Crippen molar-refractivity contribution in [1.82, 2.24) is 9.78 Å². The number of para-hydroxylation sites is 1. The van der Waals surface area contributed by atoms with E-state index in [1.807, 2.05) is 54.6 Å². The quantitative estimate of drug-likeness (QED) is 0.535. The normalized spacial score (nSPS) is 10.7. The third-order valence-electron chi connectivity index (χ3n) is 4.12. The van der Waals surface area contributed by atoms with E-state index in [1.54, 1.807) is 12.1 Å². The number of benzene rings is 3. The number of halogens is 1. The minimum atomic E-state index is -0.381. The van der Waals surface area contributed by atoms with Crippen molar-refractivity contribution >= 4 is 38.3 Å². The molecule has 0 saturated carbocycles. The summed E-state index contributed by atoms with van der Waals surface area (Å²) in [7, 11) is 0. The Labute approximate surface area is 163 Å². The zero-order chi connectivity index (χ0) is 18.8. The maximum absolute atomic E-state index is 12.6. The van der Waals surface area contributed by atoms with Gasteiger partial charge in [-0.3, -0.25) is 9.59 Å². The van der Waals surface area contributed by atoms with E-state index < -0.39 is 0 Å². The predicted octanol–water partition coefficient (Wildman–Crippen LogP) is 4.40. The number of carbonyl (C=O) groups excluding carboxylic acids is 1. The summed E-state index contributed by atoms with van der Waals surface area (Å²) in [5.74, 6) is -0.381. The van der Waals surface area contributed by atoms with E-state index in [0.29, 0.717) is 11.4 Å². The maximum atomic E-state index is 12.6. The van der Waals surface area contributed by atoms with Crippen LogP contribution < -0.4 is 10.9 Å². The molecule has 6 heteroatoms. The lowest BCUT2D eigenvalue weighted by molar-refractivity contribution is 0.102. The van der Waals surface area contributed by atoms with Crippen LogP contribution in [-0.2, 0) is 0 Å². The smallest absolute Gasteiger partial charge is 0.276 e. The van der Waals surface area contributed by atoms with Crippen molar-refractivity contribution in [2.45, 2.75) is 0 Å². The van der Waals surface area contributed by atoms with Crippen molar-refractivity contribution in [2.75, 3.05) is 5.32 Å². The summed E-state index contributed by atoms with van der Waals surface area (Å²) in [6.45, 7) is 0. The molecule has 0 saturated heterocycles. The number of fused-ring (bicyclic) bond motifs is 1. The molecular weight excluding hydrogens is 406 g/mol. The Kier molecular flexibility index (Phi) is 4.56. The van der Waals surface area contributed by atoms with Gasteiger partial charge in [-0.05, 0) is 47.2 Å². The molecule has 4 aromatic rings. The molecule has 0 aliphatic carbocycles. The van der Waals surface area contributed by atoms with Crippen molar-refractivity contribution in [2.24, 2.45) is 0 Å². The molecule has 132 valence electrons. The second-order valence-electron chi connectivity index (χ2n) is 5.93. The van der Waals surface area contributed by atoms with Crippen LogP contribution in [0.25, 0.3) is 16.5 Å². The number of nitrogens with zero attached hydrogens (tertiary/aromatic N) is 2. The first-order valence-electron chi connectivity index (χ1n) is 8.27. The molecule has 3 aromatic carbocycles. The fraction of sp³-hybridized carbons (Fsp3) is 0. The van der Waals surface area contributed by atoms with Crippen LogP contribution >= 0.6 is 15.9 Å². The molecule has 4 rings (SSSR count). The highest BCUT2D eigenvalue weighted by Gasteiger charge is 2.11. The van der Waals surface area contributed by atoms with Crippen LogP contribution in [0.2, 0.25) is 0 Å². The molecule has 27 heavy (non-hydrogen) atoms. The zero-order valence-corrected chi connectivity index (χ0v) is 15.7. The van der Waals surface area contributed by atoms with Crippen LogP contribution in [0, 0.1) is 0 Å². The molecule has 1 N–H and O–H groups in total. The predicted molar refractivity (Wildman–Crippen MR) is 109 cm³/mol. The monoisotopic (exact) mass is 419 g/mol. The average molecular weight is 420 g/mol. The molecule has 0 spiro atoms. The minimum absolute atomic E-state index is 0.160. The molecule has 1 amide bonds. The molecule has 0 fully saturated rings. The van der Waals surface area contributed by atoms with Crippen LogP contribution in [0.3, 0.4) is 0 Å². The summed E-state index contributed by atoms with van der Waals surface area (Å²) < 4.78 is 2.21. The number of hydrogen-bond donors (Lipinski definition) is 1. The Morgan fingerprint density at radius 1 is 0.926 bits per heavy atom. The number of carbonyl (C=O) groups is 1. The van der Waals surface area contributed by atoms with Crippen molar-refractivity contribution in [3.8, 4) is 5.69 Å². The van der Waals surface area contributed by atoms with Gasteiger partial charge in [0.15, 0.2) is 0 Å². The van der Waals surface area contributed by atoms with Crippen molar-refractivity contribution in [3.63, 3.8) is 0 Å². The summed E-state index contributed by atoms with van der Waals surface area (Å²) >= 11 is 3.52. The van der Waals surface area contributed by atoms with E-state index in [9.17, 15) is 9.59 Å². The second kappa shape index (κ2) is 7.17. The van der Waals surface area contributed by atoms with Gasteiger partial charge < -0.3 is 5.32 Å². The van der Waals surface area contributed by atoms with Crippen LogP contribution in [0.5, 0.6) is 0 Å². The standard InChI is InChI=1S/C21H14BrN3O2/c22-18-8-4-5-14-13-15(9-10-17(14)18)23-21(27)19-11-12-20(26)25(24-19)16-6-2-1-3-7-16/h1-13H,(H,23,27). The highest BCUT2D eigenvalue weighted by atomic mass is 79.9. The Balaban J connectivity index is 1.65. The first-order valence-corrected chi connectivity index (χ1v) is 9.06. The molecule has 0 unspecified atom stereocenters. The van der Waals surface area contributed by atoms with Crippen LogP contribution in [0.1, 0.15) is 10.5 Å². The molecule has 0 aliphatic rings. The molecule has 0 atom stereocenters. The van der Waals surface area contributed by atoms with Crippen molar-refractivity contribution in [1.29, 1.82) is 0 Å². The van der Waals surface area contributed by atoms with Gasteiger partial charge in [0.05, 0.1) is 5.69 Å². The van der Waals surface area contributed by atoms with Gasteiger partial charge in [0.25, 0.3) is 11.5 Å². The molecule has 1 heterocycles. The van der Waals surface area contributed by atoms with Crippen LogP contribution in [0.15, 0.2) is 88.1 Å². The van der Waals surface area contributed by atoms with Gasteiger partial charge in [-0.25, -0.2) is 0 Å². The average Bonchev–Trinajstić information content (AvgIpc) is 2.69. The van der Waals surface area contributed by atoms with Gasteiger partial charge in [-0.2, -0.15) is 9.78 Å². The highest BCUT2D eigenvalue weighted by Crippen LogP contribution is 2.26. The topological polar surface area (TPSA) is 64.0 Å². The summed E-state index contributed by atoms with van der Waals surface area (Å²) in [5, 5.41) is 9.10. The van der Waals surface area contributed by atoms with Gasteiger partial charge in [-0.1, -0.05) is 52.3 Å². The largest absolute Gasteiger partial charge is 0.321 e. The first kappa shape index (κ1) is 17.2. The lowest BCUT2D eigenvalue weighted by Gasteiger charge is -2.09. The summed E-state index contributed by atoms with van der Waals surface area (Å²) in [4.78, 5) is 24.7. The van der Waals surface area contributed by atoms with E-state index in [4.69, 9.17) is 0 Å². The Hall–Kier alpha value is -3.25. The Bertz CT molecular complexity index is 1200. The second-order valence-corrected chi connectivity index (χ2v) is 6.79. The molecular formula is C21H14BrN3O2. The van der Waals surface area contributed by atoms with Crippen molar-refractivity contribution in [3.05, 3.63) is 99.4 Å².